The smallest absolute Gasteiger partial charge is 0.410 e. The molecule has 0 saturated carbocycles. The number of halogens is 1. The minimum absolute atomic E-state index is 0.259. The van der Waals surface area contributed by atoms with Crippen LogP contribution >= 0.6 is 15.9 Å². The third kappa shape index (κ3) is 6.24. The van der Waals surface area contributed by atoms with Crippen molar-refractivity contribution in [1.82, 2.24) is 4.90 Å². The Morgan fingerprint density at radius 2 is 2.00 bits per heavy atom. The molecule has 4 heteroatoms. The molecule has 0 aromatic heterocycles. The molecule has 0 unspecified atom stereocenters. The number of rotatable bonds is 3. The third-order valence-electron chi connectivity index (χ3n) is 1.55. The van der Waals surface area contributed by atoms with Crippen molar-refractivity contribution in [3.05, 3.63) is 0 Å². The van der Waals surface area contributed by atoms with Crippen LogP contribution in [-0.4, -0.2) is 35.5 Å². The maximum Gasteiger partial charge on any atom is 0.410 e. The number of carbonyl (C=O) groups excluding carboxylic acids is 1. The van der Waals surface area contributed by atoms with Crippen molar-refractivity contribution in [3.63, 3.8) is 0 Å². The second-order valence-corrected chi connectivity index (χ2v) is 5.27. The van der Waals surface area contributed by atoms with Crippen molar-refractivity contribution in [1.29, 1.82) is 0 Å². The zero-order valence-corrected chi connectivity index (χ0v) is 11.2. The van der Waals surface area contributed by atoms with Crippen molar-refractivity contribution in [3.8, 4) is 0 Å². The van der Waals surface area contributed by atoms with E-state index in [1.165, 1.54) is 0 Å². The van der Waals surface area contributed by atoms with E-state index in [9.17, 15) is 4.79 Å². The summed E-state index contributed by atoms with van der Waals surface area (Å²) in [6.07, 6.45) is -0.259. The molecule has 1 amide bonds. The first-order valence-electron chi connectivity index (χ1n) is 4.76. The zero-order valence-electron chi connectivity index (χ0n) is 9.63. The number of amides is 1. The topological polar surface area (TPSA) is 29.5 Å². The molecule has 0 N–H and O–H groups in total. The Kier molecular flexibility index (Phi) is 5.49. The quantitative estimate of drug-likeness (QED) is 0.735. The lowest BCUT2D eigenvalue weighted by Gasteiger charge is -2.25. The molecule has 1 atom stereocenters. The molecule has 3 nitrogen and oxygen atoms in total. The van der Waals surface area contributed by atoms with Crippen LogP contribution in [0, 0.1) is 5.92 Å². The number of alkyl halides is 1. The zero-order chi connectivity index (χ0) is 11.4. The number of hydrogen-bond acceptors (Lipinski definition) is 2. The van der Waals surface area contributed by atoms with Gasteiger partial charge in [0.15, 0.2) is 0 Å². The summed E-state index contributed by atoms with van der Waals surface area (Å²) >= 11 is 3.38. The van der Waals surface area contributed by atoms with Crippen LogP contribution in [0.2, 0.25) is 0 Å². The molecule has 0 fully saturated rings. The third-order valence-corrected chi connectivity index (χ3v) is 2.66. The summed E-state index contributed by atoms with van der Waals surface area (Å²) in [6, 6.07) is 0. The molecule has 0 aliphatic heterocycles. The maximum absolute atomic E-state index is 11.5. The molecule has 0 aliphatic rings. The average molecular weight is 266 g/mol. The highest BCUT2D eigenvalue weighted by atomic mass is 79.9. The van der Waals surface area contributed by atoms with Gasteiger partial charge in [-0.3, -0.25) is 0 Å². The van der Waals surface area contributed by atoms with Gasteiger partial charge in [0.25, 0.3) is 0 Å². The van der Waals surface area contributed by atoms with Gasteiger partial charge < -0.3 is 9.64 Å². The average Bonchev–Trinajstić information content (AvgIpc) is 2.00. The second-order valence-electron chi connectivity index (χ2n) is 4.62. The Morgan fingerprint density at radius 3 is 2.36 bits per heavy atom. The first kappa shape index (κ1) is 13.8. The predicted molar refractivity (Wildman–Crippen MR) is 61.8 cm³/mol. The van der Waals surface area contributed by atoms with Gasteiger partial charge in [0.1, 0.15) is 5.60 Å². The van der Waals surface area contributed by atoms with Gasteiger partial charge in [-0.15, -0.1) is 0 Å². The van der Waals surface area contributed by atoms with Gasteiger partial charge in [0.2, 0.25) is 0 Å². The van der Waals surface area contributed by atoms with Crippen LogP contribution in [0.25, 0.3) is 0 Å². The van der Waals surface area contributed by atoms with Crippen molar-refractivity contribution in [2.45, 2.75) is 33.3 Å². The van der Waals surface area contributed by atoms with E-state index in [1.54, 1.807) is 11.9 Å². The van der Waals surface area contributed by atoms with Crippen LogP contribution in [0.1, 0.15) is 27.7 Å². The number of carbonyl (C=O) groups is 1. The fourth-order valence-electron chi connectivity index (χ4n) is 0.931. The van der Waals surface area contributed by atoms with Crippen LogP contribution in [0.4, 0.5) is 4.79 Å². The minimum atomic E-state index is -0.414. The molecule has 0 rings (SSSR count). The number of ether oxygens (including phenoxy) is 1. The Morgan fingerprint density at radius 1 is 1.50 bits per heavy atom. The Hall–Kier alpha value is -0.250. The molecule has 0 bridgehead atoms. The van der Waals surface area contributed by atoms with E-state index in [2.05, 4.69) is 22.9 Å². The van der Waals surface area contributed by atoms with Gasteiger partial charge >= 0.3 is 6.09 Å². The SMILES string of the molecule is C[C@@H](CBr)CN(C)C(=O)OC(C)(C)C. The molecule has 0 aliphatic carbocycles. The Labute approximate surface area is 94.9 Å². The molecule has 0 spiro atoms. The second kappa shape index (κ2) is 5.59. The molecular weight excluding hydrogens is 246 g/mol. The molecule has 0 saturated heterocycles. The molecule has 0 aromatic rings. The van der Waals surface area contributed by atoms with Crippen LogP contribution in [-0.2, 0) is 4.74 Å². The summed E-state index contributed by atoms with van der Waals surface area (Å²) in [5.41, 5.74) is -0.414. The summed E-state index contributed by atoms with van der Waals surface area (Å²) in [5.74, 6) is 0.438. The summed E-state index contributed by atoms with van der Waals surface area (Å²) in [6.45, 7) is 8.39. The Bertz CT molecular complexity index is 189. The first-order valence-corrected chi connectivity index (χ1v) is 5.88. The van der Waals surface area contributed by atoms with Crippen LogP contribution < -0.4 is 0 Å². The van der Waals surface area contributed by atoms with E-state index in [0.717, 1.165) is 5.33 Å². The van der Waals surface area contributed by atoms with Gasteiger partial charge in [0, 0.05) is 18.9 Å². The van der Waals surface area contributed by atoms with Crippen molar-refractivity contribution < 1.29 is 9.53 Å². The number of hydrogen-bond donors (Lipinski definition) is 0. The van der Waals surface area contributed by atoms with Gasteiger partial charge in [0.05, 0.1) is 0 Å². The van der Waals surface area contributed by atoms with Crippen LogP contribution in [0.15, 0.2) is 0 Å². The van der Waals surface area contributed by atoms with Gasteiger partial charge in [-0.2, -0.15) is 0 Å². The summed E-state index contributed by atoms with van der Waals surface area (Å²) in [4.78, 5) is 13.1. The highest BCUT2D eigenvalue weighted by Gasteiger charge is 2.20. The highest BCUT2D eigenvalue weighted by molar-refractivity contribution is 9.09. The fourth-order valence-corrected chi connectivity index (χ4v) is 1.14. The summed E-state index contributed by atoms with van der Waals surface area (Å²) in [5, 5.41) is 0.889. The number of nitrogens with zero attached hydrogens (tertiary/aromatic N) is 1. The van der Waals surface area contributed by atoms with E-state index in [1.807, 2.05) is 20.8 Å². The van der Waals surface area contributed by atoms with E-state index >= 15 is 0 Å². The van der Waals surface area contributed by atoms with E-state index in [-0.39, 0.29) is 6.09 Å². The standard InChI is InChI=1S/C10H20BrNO2/c1-8(6-11)7-12(5)9(13)14-10(2,3)4/h8H,6-7H2,1-5H3/t8-/m0/s1. The van der Waals surface area contributed by atoms with Crippen LogP contribution in [0.3, 0.4) is 0 Å². The lowest BCUT2D eigenvalue weighted by atomic mass is 10.2. The largest absolute Gasteiger partial charge is 0.444 e. The fraction of sp³-hybridized carbons (Fsp3) is 0.900. The molecular formula is C10H20BrNO2. The van der Waals surface area contributed by atoms with Crippen LogP contribution in [0.5, 0.6) is 0 Å². The van der Waals surface area contributed by atoms with Crippen molar-refractivity contribution in [2.75, 3.05) is 18.9 Å². The van der Waals surface area contributed by atoms with Gasteiger partial charge in [-0.1, -0.05) is 22.9 Å². The van der Waals surface area contributed by atoms with Gasteiger partial charge in [-0.05, 0) is 26.7 Å². The van der Waals surface area contributed by atoms with E-state index in [0.29, 0.717) is 12.5 Å². The monoisotopic (exact) mass is 265 g/mol. The van der Waals surface area contributed by atoms with E-state index < -0.39 is 5.60 Å². The first-order chi connectivity index (χ1) is 6.26. The molecule has 0 heterocycles. The Balaban J connectivity index is 4.00. The summed E-state index contributed by atoms with van der Waals surface area (Å²) in [7, 11) is 1.76. The highest BCUT2D eigenvalue weighted by Crippen LogP contribution is 2.10. The molecule has 0 radical (unpaired) electrons. The maximum atomic E-state index is 11.5. The van der Waals surface area contributed by atoms with Gasteiger partial charge in [-0.25, -0.2) is 4.79 Å². The summed E-state index contributed by atoms with van der Waals surface area (Å²) < 4.78 is 5.22. The van der Waals surface area contributed by atoms with Crippen molar-refractivity contribution >= 4 is 22.0 Å². The van der Waals surface area contributed by atoms with Crippen molar-refractivity contribution in [2.24, 2.45) is 5.92 Å². The molecule has 0 aromatic carbocycles. The normalized spacial score (nSPS) is 13.6. The lowest BCUT2D eigenvalue weighted by molar-refractivity contribution is 0.0281. The molecule has 84 valence electrons. The minimum Gasteiger partial charge on any atom is -0.444 e. The lowest BCUT2D eigenvalue weighted by Crippen LogP contribution is -2.36. The predicted octanol–water partition coefficient (Wildman–Crippen LogP) is 2.88. The molecule has 14 heavy (non-hydrogen) atoms. The van der Waals surface area contributed by atoms with E-state index in [4.69, 9.17) is 4.74 Å².